The smallest absolute Gasteiger partial charge is 0.335 e. The van der Waals surface area contributed by atoms with Crippen LogP contribution in [0.5, 0.6) is 0 Å². The van der Waals surface area contributed by atoms with Gasteiger partial charge in [0.1, 0.15) is 0 Å². The number of hydrogen-bond donors (Lipinski definition) is 1. The molecule has 2 aliphatic rings. The van der Waals surface area contributed by atoms with E-state index in [1.165, 1.54) is 0 Å². The number of morpholine rings is 1. The highest BCUT2D eigenvalue weighted by molar-refractivity contribution is 5.87. The molecule has 2 fully saturated rings. The Balaban J connectivity index is 1.39. The topological polar surface area (TPSA) is 90.4 Å². The van der Waals surface area contributed by atoms with Gasteiger partial charge in [-0.05, 0) is 24.1 Å². The van der Waals surface area contributed by atoms with Crippen LogP contribution in [0.15, 0.2) is 24.3 Å². The fourth-order valence-electron chi connectivity index (χ4n) is 3.48. The van der Waals surface area contributed by atoms with E-state index in [1.54, 1.807) is 24.3 Å². The number of nitrogens with zero attached hydrogens (tertiary/aromatic N) is 3. The third kappa shape index (κ3) is 5.53. The zero-order valence-electron chi connectivity index (χ0n) is 16.0. The highest BCUT2D eigenvalue weighted by Crippen LogP contribution is 2.10. The van der Waals surface area contributed by atoms with Crippen molar-refractivity contribution in [2.24, 2.45) is 0 Å². The van der Waals surface area contributed by atoms with Crippen molar-refractivity contribution in [2.45, 2.75) is 12.8 Å². The summed E-state index contributed by atoms with van der Waals surface area (Å²) in [5, 5.41) is 8.92. The van der Waals surface area contributed by atoms with Crippen LogP contribution in [-0.4, -0.2) is 96.6 Å². The molecule has 152 valence electrons. The molecular formula is C20H27N3O5. The maximum atomic E-state index is 12.4. The molecule has 0 aliphatic carbocycles. The summed E-state index contributed by atoms with van der Waals surface area (Å²) in [6.45, 7) is 5.61. The number of carbonyl (C=O) groups excluding carboxylic acids is 2. The molecule has 28 heavy (non-hydrogen) atoms. The van der Waals surface area contributed by atoms with E-state index in [0.717, 1.165) is 18.7 Å². The minimum atomic E-state index is -0.955. The van der Waals surface area contributed by atoms with Crippen molar-refractivity contribution in [3.05, 3.63) is 35.4 Å². The van der Waals surface area contributed by atoms with Crippen LogP contribution in [-0.2, 0) is 20.7 Å². The zero-order valence-corrected chi connectivity index (χ0v) is 16.0. The molecule has 0 spiro atoms. The molecule has 8 nitrogen and oxygen atoms in total. The van der Waals surface area contributed by atoms with Crippen molar-refractivity contribution < 1.29 is 24.2 Å². The van der Waals surface area contributed by atoms with E-state index in [1.807, 2.05) is 9.80 Å². The number of carboxylic acids is 1. The lowest BCUT2D eigenvalue weighted by Crippen LogP contribution is -2.53. The van der Waals surface area contributed by atoms with Crippen LogP contribution in [0.1, 0.15) is 22.3 Å². The third-order valence-electron chi connectivity index (χ3n) is 5.28. The van der Waals surface area contributed by atoms with Gasteiger partial charge >= 0.3 is 5.97 Å². The number of amides is 2. The first-order chi connectivity index (χ1) is 13.5. The van der Waals surface area contributed by atoms with E-state index in [2.05, 4.69) is 4.90 Å². The number of carbonyl (C=O) groups is 3. The van der Waals surface area contributed by atoms with Crippen molar-refractivity contribution in [1.82, 2.24) is 14.7 Å². The van der Waals surface area contributed by atoms with Gasteiger partial charge in [0.15, 0.2) is 0 Å². The average Bonchev–Trinajstić information content (AvgIpc) is 2.73. The predicted molar refractivity (Wildman–Crippen MR) is 102 cm³/mol. The molecule has 0 atom stereocenters. The van der Waals surface area contributed by atoms with E-state index in [4.69, 9.17) is 9.84 Å². The summed E-state index contributed by atoms with van der Waals surface area (Å²) >= 11 is 0. The SMILES string of the molecule is O=C(O)c1ccc(CCC(=O)N2CCN(C(=O)CN3CCOCC3)CC2)cc1. The number of ether oxygens (including phenoxy) is 1. The monoisotopic (exact) mass is 389 g/mol. The van der Waals surface area contributed by atoms with E-state index in [9.17, 15) is 14.4 Å². The first-order valence-corrected chi connectivity index (χ1v) is 9.71. The van der Waals surface area contributed by atoms with Gasteiger partial charge in [-0.25, -0.2) is 4.79 Å². The lowest BCUT2D eigenvalue weighted by molar-refractivity contribution is -0.140. The second-order valence-electron chi connectivity index (χ2n) is 7.15. The Kier molecular flexibility index (Phi) is 7.00. The van der Waals surface area contributed by atoms with Crippen LogP contribution in [0.4, 0.5) is 0 Å². The Labute approximate surface area is 164 Å². The summed E-state index contributed by atoms with van der Waals surface area (Å²) in [7, 11) is 0. The van der Waals surface area contributed by atoms with Crippen LogP contribution >= 0.6 is 0 Å². The summed E-state index contributed by atoms with van der Waals surface area (Å²) < 4.78 is 5.30. The minimum absolute atomic E-state index is 0.0718. The van der Waals surface area contributed by atoms with E-state index in [-0.39, 0.29) is 17.4 Å². The second kappa shape index (κ2) is 9.66. The molecule has 2 aliphatic heterocycles. The van der Waals surface area contributed by atoms with E-state index >= 15 is 0 Å². The Morgan fingerprint density at radius 1 is 0.857 bits per heavy atom. The fourth-order valence-corrected chi connectivity index (χ4v) is 3.48. The van der Waals surface area contributed by atoms with Gasteiger partial charge in [0, 0.05) is 45.7 Å². The standard InChI is InChI=1S/C20H27N3O5/c24-18(6-3-16-1-4-17(5-2-16)20(26)27)22-7-9-23(10-8-22)19(25)15-21-11-13-28-14-12-21/h1-2,4-5H,3,6-15H2,(H,26,27). The molecule has 1 aromatic carbocycles. The average molecular weight is 389 g/mol. The molecular weight excluding hydrogens is 362 g/mol. The Morgan fingerprint density at radius 2 is 1.43 bits per heavy atom. The molecule has 0 radical (unpaired) electrons. The maximum Gasteiger partial charge on any atom is 0.335 e. The van der Waals surface area contributed by atoms with Gasteiger partial charge in [-0.15, -0.1) is 0 Å². The normalized spacial score (nSPS) is 18.1. The molecule has 1 aromatic rings. The van der Waals surface area contributed by atoms with Crippen LogP contribution < -0.4 is 0 Å². The zero-order chi connectivity index (χ0) is 19.9. The highest BCUT2D eigenvalue weighted by Gasteiger charge is 2.25. The van der Waals surface area contributed by atoms with Crippen molar-refractivity contribution >= 4 is 17.8 Å². The van der Waals surface area contributed by atoms with Gasteiger partial charge in [0.2, 0.25) is 11.8 Å². The number of aryl methyl sites for hydroxylation is 1. The molecule has 1 N–H and O–H groups in total. The Morgan fingerprint density at radius 3 is 2.00 bits per heavy atom. The van der Waals surface area contributed by atoms with Gasteiger partial charge in [-0.3, -0.25) is 14.5 Å². The van der Waals surface area contributed by atoms with Gasteiger partial charge in [-0.1, -0.05) is 12.1 Å². The van der Waals surface area contributed by atoms with Gasteiger partial charge in [-0.2, -0.15) is 0 Å². The number of benzene rings is 1. The quantitative estimate of drug-likeness (QED) is 0.754. The lowest BCUT2D eigenvalue weighted by Gasteiger charge is -2.36. The summed E-state index contributed by atoms with van der Waals surface area (Å²) in [6.07, 6.45) is 0.961. The van der Waals surface area contributed by atoms with Crippen molar-refractivity contribution in [2.75, 3.05) is 59.0 Å². The molecule has 0 bridgehead atoms. The van der Waals surface area contributed by atoms with Crippen LogP contribution in [0.2, 0.25) is 0 Å². The summed E-state index contributed by atoms with van der Waals surface area (Å²) in [5.74, 6) is -0.765. The predicted octanol–water partition coefficient (Wildman–Crippen LogP) is 0.320. The first kappa shape index (κ1) is 20.3. The number of aromatic carboxylic acids is 1. The van der Waals surface area contributed by atoms with Gasteiger partial charge < -0.3 is 19.6 Å². The first-order valence-electron chi connectivity index (χ1n) is 9.71. The molecule has 0 aromatic heterocycles. The molecule has 3 rings (SSSR count). The van der Waals surface area contributed by atoms with E-state index < -0.39 is 5.97 Å². The van der Waals surface area contributed by atoms with Gasteiger partial charge in [0.05, 0.1) is 25.3 Å². The number of carboxylic acid groups (broad SMARTS) is 1. The summed E-state index contributed by atoms with van der Waals surface area (Å²) in [4.78, 5) is 41.5. The minimum Gasteiger partial charge on any atom is -0.478 e. The fraction of sp³-hybridized carbons (Fsp3) is 0.550. The van der Waals surface area contributed by atoms with Crippen molar-refractivity contribution in [3.63, 3.8) is 0 Å². The van der Waals surface area contributed by atoms with Crippen molar-refractivity contribution in [1.29, 1.82) is 0 Å². The second-order valence-corrected chi connectivity index (χ2v) is 7.15. The van der Waals surface area contributed by atoms with Crippen LogP contribution in [0.3, 0.4) is 0 Å². The van der Waals surface area contributed by atoms with Crippen molar-refractivity contribution in [3.8, 4) is 0 Å². The lowest BCUT2D eigenvalue weighted by atomic mass is 10.1. The Hall–Kier alpha value is -2.45. The molecule has 2 amide bonds. The van der Waals surface area contributed by atoms with E-state index in [0.29, 0.717) is 58.8 Å². The highest BCUT2D eigenvalue weighted by atomic mass is 16.5. The Bertz CT molecular complexity index is 692. The van der Waals surface area contributed by atoms with Crippen LogP contribution in [0.25, 0.3) is 0 Å². The molecule has 0 saturated carbocycles. The molecule has 2 heterocycles. The maximum absolute atomic E-state index is 12.4. The molecule has 8 heteroatoms. The number of hydrogen-bond acceptors (Lipinski definition) is 5. The molecule has 2 saturated heterocycles. The summed E-state index contributed by atoms with van der Waals surface area (Å²) in [6, 6.07) is 6.61. The van der Waals surface area contributed by atoms with Crippen LogP contribution in [0, 0.1) is 0 Å². The largest absolute Gasteiger partial charge is 0.478 e. The third-order valence-corrected chi connectivity index (χ3v) is 5.28. The number of piperazine rings is 1. The summed E-state index contributed by atoms with van der Waals surface area (Å²) in [5.41, 5.74) is 1.19. The van der Waals surface area contributed by atoms with Gasteiger partial charge in [0.25, 0.3) is 0 Å². The molecule has 0 unspecified atom stereocenters. The number of rotatable bonds is 6.